The van der Waals surface area contributed by atoms with Crippen molar-refractivity contribution in [3.05, 3.63) is 59.7 Å². The number of thioether (sulfide) groups is 1. The molecule has 0 aliphatic rings. The number of nitrogens with one attached hydrogen (secondary N) is 1. The Hall–Kier alpha value is -1.45. The zero-order valence-corrected chi connectivity index (χ0v) is 12.2. The highest BCUT2D eigenvalue weighted by molar-refractivity contribution is 7.98. The van der Waals surface area contributed by atoms with Crippen LogP contribution >= 0.6 is 11.8 Å². The van der Waals surface area contributed by atoms with E-state index in [2.05, 4.69) is 48.0 Å². The maximum Gasteiger partial charge on any atom is 0.118 e. The minimum Gasteiger partial charge on any atom is -0.497 e. The summed E-state index contributed by atoms with van der Waals surface area (Å²) in [5.41, 5.74) is 2.58. The van der Waals surface area contributed by atoms with Crippen LogP contribution in [0.2, 0.25) is 0 Å². The molecule has 0 bridgehead atoms. The van der Waals surface area contributed by atoms with Crippen LogP contribution in [-0.4, -0.2) is 13.4 Å². The van der Waals surface area contributed by atoms with Crippen LogP contribution in [0.4, 0.5) is 0 Å². The molecule has 0 aromatic heterocycles. The standard InChI is InChI=1S/C16H19NOS/c1-18-15-7-3-13(4-8-15)11-17-12-14-5-9-16(19-2)10-6-14/h3-10,17H,11-12H2,1-2H3. The number of ether oxygens (including phenoxy) is 1. The molecule has 0 heterocycles. The van der Waals surface area contributed by atoms with E-state index in [-0.39, 0.29) is 0 Å². The first-order chi connectivity index (χ1) is 9.31. The van der Waals surface area contributed by atoms with Gasteiger partial charge in [0.2, 0.25) is 0 Å². The van der Waals surface area contributed by atoms with E-state index >= 15 is 0 Å². The van der Waals surface area contributed by atoms with Gasteiger partial charge in [-0.2, -0.15) is 0 Å². The first-order valence-corrected chi connectivity index (χ1v) is 7.51. The zero-order valence-electron chi connectivity index (χ0n) is 11.3. The molecule has 2 nitrogen and oxygen atoms in total. The fourth-order valence-electron chi connectivity index (χ4n) is 1.84. The minimum absolute atomic E-state index is 0.869. The van der Waals surface area contributed by atoms with Crippen LogP contribution in [-0.2, 0) is 13.1 Å². The van der Waals surface area contributed by atoms with Gasteiger partial charge < -0.3 is 10.1 Å². The van der Waals surface area contributed by atoms with Crippen LogP contribution in [0.25, 0.3) is 0 Å². The average Bonchev–Trinajstić information content (AvgIpc) is 2.49. The Labute approximate surface area is 119 Å². The molecule has 2 aromatic rings. The van der Waals surface area contributed by atoms with Gasteiger partial charge in [-0.25, -0.2) is 0 Å². The van der Waals surface area contributed by atoms with Gasteiger partial charge in [0.1, 0.15) is 5.75 Å². The lowest BCUT2D eigenvalue weighted by atomic mass is 10.2. The molecule has 19 heavy (non-hydrogen) atoms. The number of methoxy groups -OCH3 is 1. The monoisotopic (exact) mass is 273 g/mol. The number of benzene rings is 2. The second-order valence-corrected chi connectivity index (χ2v) is 5.18. The smallest absolute Gasteiger partial charge is 0.118 e. The van der Waals surface area contributed by atoms with E-state index in [1.54, 1.807) is 18.9 Å². The third kappa shape index (κ3) is 4.30. The summed E-state index contributed by atoms with van der Waals surface area (Å²) in [5, 5.41) is 3.45. The van der Waals surface area contributed by atoms with Gasteiger partial charge in [0, 0.05) is 18.0 Å². The fourth-order valence-corrected chi connectivity index (χ4v) is 2.25. The van der Waals surface area contributed by atoms with E-state index < -0.39 is 0 Å². The second-order valence-electron chi connectivity index (χ2n) is 4.30. The van der Waals surface area contributed by atoms with E-state index in [1.807, 2.05) is 12.1 Å². The molecule has 0 radical (unpaired) electrons. The molecule has 0 saturated heterocycles. The quantitative estimate of drug-likeness (QED) is 0.811. The molecule has 2 aromatic carbocycles. The van der Waals surface area contributed by atoms with Gasteiger partial charge in [0.25, 0.3) is 0 Å². The molecule has 0 aliphatic heterocycles. The normalized spacial score (nSPS) is 10.4. The Morgan fingerprint density at radius 1 is 0.895 bits per heavy atom. The van der Waals surface area contributed by atoms with Crippen LogP contribution < -0.4 is 10.1 Å². The summed E-state index contributed by atoms with van der Waals surface area (Å²) < 4.78 is 5.14. The maximum absolute atomic E-state index is 5.14. The van der Waals surface area contributed by atoms with Crippen LogP contribution in [0, 0.1) is 0 Å². The van der Waals surface area contributed by atoms with Gasteiger partial charge in [-0.3, -0.25) is 0 Å². The molecule has 100 valence electrons. The van der Waals surface area contributed by atoms with Gasteiger partial charge in [-0.1, -0.05) is 24.3 Å². The van der Waals surface area contributed by atoms with Gasteiger partial charge in [-0.15, -0.1) is 11.8 Å². The van der Waals surface area contributed by atoms with E-state index in [1.165, 1.54) is 16.0 Å². The Bertz CT molecular complexity index is 446. The van der Waals surface area contributed by atoms with Crippen molar-refractivity contribution in [2.75, 3.05) is 13.4 Å². The van der Waals surface area contributed by atoms with Crippen molar-refractivity contribution in [2.24, 2.45) is 0 Å². The van der Waals surface area contributed by atoms with Crippen molar-refractivity contribution in [3.63, 3.8) is 0 Å². The Morgan fingerprint density at radius 2 is 1.42 bits per heavy atom. The van der Waals surface area contributed by atoms with Gasteiger partial charge in [0.15, 0.2) is 0 Å². The third-order valence-corrected chi connectivity index (χ3v) is 3.72. The lowest BCUT2D eigenvalue weighted by Gasteiger charge is -2.07. The maximum atomic E-state index is 5.14. The molecular weight excluding hydrogens is 254 g/mol. The van der Waals surface area contributed by atoms with Crippen molar-refractivity contribution in [1.82, 2.24) is 5.32 Å². The fraction of sp³-hybridized carbons (Fsp3) is 0.250. The van der Waals surface area contributed by atoms with Gasteiger partial charge in [0.05, 0.1) is 7.11 Å². The summed E-state index contributed by atoms with van der Waals surface area (Å²) in [5.74, 6) is 0.899. The topological polar surface area (TPSA) is 21.3 Å². The summed E-state index contributed by atoms with van der Waals surface area (Å²) in [7, 11) is 1.69. The first-order valence-electron chi connectivity index (χ1n) is 6.28. The van der Waals surface area contributed by atoms with Crippen molar-refractivity contribution in [2.45, 2.75) is 18.0 Å². The van der Waals surface area contributed by atoms with Crippen LogP contribution in [0.1, 0.15) is 11.1 Å². The second kappa shape index (κ2) is 7.22. The molecule has 0 saturated carbocycles. The zero-order chi connectivity index (χ0) is 13.5. The van der Waals surface area contributed by atoms with Crippen molar-refractivity contribution in [1.29, 1.82) is 0 Å². The van der Waals surface area contributed by atoms with Crippen LogP contribution in [0.5, 0.6) is 5.75 Å². The molecule has 0 fully saturated rings. The summed E-state index contributed by atoms with van der Waals surface area (Å²) in [4.78, 5) is 1.30. The molecule has 0 amide bonds. The predicted molar refractivity (Wildman–Crippen MR) is 81.8 cm³/mol. The van der Waals surface area contributed by atoms with E-state index in [9.17, 15) is 0 Å². The summed E-state index contributed by atoms with van der Waals surface area (Å²) in [6.45, 7) is 1.76. The molecule has 0 atom stereocenters. The average molecular weight is 273 g/mol. The highest BCUT2D eigenvalue weighted by Crippen LogP contribution is 2.15. The number of hydrogen-bond acceptors (Lipinski definition) is 3. The van der Waals surface area contributed by atoms with E-state index in [0.717, 1.165) is 18.8 Å². The molecular formula is C16H19NOS. The molecule has 1 N–H and O–H groups in total. The Kier molecular flexibility index (Phi) is 5.31. The SMILES string of the molecule is COc1ccc(CNCc2ccc(SC)cc2)cc1. The van der Waals surface area contributed by atoms with E-state index in [0.29, 0.717) is 0 Å². The summed E-state index contributed by atoms with van der Waals surface area (Å²) in [6.07, 6.45) is 2.09. The van der Waals surface area contributed by atoms with Crippen molar-refractivity contribution in [3.8, 4) is 5.75 Å². The first kappa shape index (κ1) is 14.0. The van der Waals surface area contributed by atoms with Crippen molar-refractivity contribution >= 4 is 11.8 Å². The Morgan fingerprint density at radius 3 is 1.89 bits per heavy atom. The molecule has 0 aliphatic carbocycles. The lowest BCUT2D eigenvalue weighted by Crippen LogP contribution is -2.12. The highest BCUT2D eigenvalue weighted by Gasteiger charge is 1.96. The van der Waals surface area contributed by atoms with Crippen molar-refractivity contribution < 1.29 is 4.74 Å². The molecule has 0 spiro atoms. The molecule has 3 heteroatoms. The number of rotatable bonds is 6. The highest BCUT2D eigenvalue weighted by atomic mass is 32.2. The van der Waals surface area contributed by atoms with Crippen LogP contribution in [0.15, 0.2) is 53.4 Å². The summed E-state index contributed by atoms with van der Waals surface area (Å²) >= 11 is 1.77. The lowest BCUT2D eigenvalue weighted by molar-refractivity contribution is 0.414. The molecule has 2 rings (SSSR count). The predicted octanol–water partition coefficient (Wildman–Crippen LogP) is 3.71. The summed E-state index contributed by atoms with van der Waals surface area (Å²) in [6, 6.07) is 16.8. The minimum atomic E-state index is 0.869. The number of hydrogen-bond donors (Lipinski definition) is 1. The Balaban J connectivity index is 1.81. The van der Waals surface area contributed by atoms with Gasteiger partial charge >= 0.3 is 0 Å². The largest absolute Gasteiger partial charge is 0.497 e. The van der Waals surface area contributed by atoms with Crippen LogP contribution in [0.3, 0.4) is 0 Å². The van der Waals surface area contributed by atoms with E-state index in [4.69, 9.17) is 4.74 Å². The third-order valence-electron chi connectivity index (χ3n) is 2.98. The molecule has 0 unspecified atom stereocenters. The van der Waals surface area contributed by atoms with Gasteiger partial charge in [-0.05, 0) is 41.6 Å².